The van der Waals surface area contributed by atoms with E-state index >= 15 is 0 Å². The lowest BCUT2D eigenvalue weighted by Gasteiger charge is -2.35. The second kappa shape index (κ2) is 9.48. The fourth-order valence-electron chi connectivity index (χ4n) is 4.03. The molecule has 29 heavy (non-hydrogen) atoms. The van der Waals surface area contributed by atoms with E-state index in [1.807, 2.05) is 24.3 Å². The van der Waals surface area contributed by atoms with Crippen molar-refractivity contribution in [2.45, 2.75) is 44.6 Å². The van der Waals surface area contributed by atoms with Crippen molar-refractivity contribution in [1.82, 2.24) is 15.1 Å². The van der Waals surface area contributed by atoms with E-state index in [4.69, 9.17) is 16.3 Å². The zero-order chi connectivity index (χ0) is 20.9. The van der Waals surface area contributed by atoms with Gasteiger partial charge in [0, 0.05) is 49.6 Å². The number of nitrogens with zero attached hydrogens (tertiary/aromatic N) is 2. The molecule has 7 nitrogen and oxygen atoms in total. The minimum absolute atomic E-state index is 0.0365. The van der Waals surface area contributed by atoms with E-state index in [0.717, 1.165) is 12.0 Å². The molecule has 2 heterocycles. The summed E-state index contributed by atoms with van der Waals surface area (Å²) in [7, 11) is 0. The molecule has 2 aliphatic heterocycles. The Morgan fingerprint density at radius 1 is 1.14 bits per heavy atom. The number of rotatable bonds is 6. The highest BCUT2D eigenvalue weighted by Crippen LogP contribution is 2.30. The fourth-order valence-corrected chi connectivity index (χ4v) is 4.16. The highest BCUT2D eigenvalue weighted by molar-refractivity contribution is 6.30. The van der Waals surface area contributed by atoms with E-state index in [-0.39, 0.29) is 17.9 Å². The van der Waals surface area contributed by atoms with Gasteiger partial charge in [-0.15, -0.1) is 0 Å². The summed E-state index contributed by atoms with van der Waals surface area (Å²) in [6.07, 6.45) is 2.53. The zero-order valence-corrected chi connectivity index (χ0v) is 17.5. The number of nitrogens with one attached hydrogen (secondary N) is 1. The molecule has 0 saturated carbocycles. The molecule has 0 aliphatic carbocycles. The van der Waals surface area contributed by atoms with E-state index in [1.54, 1.807) is 16.7 Å². The first-order valence-electron chi connectivity index (χ1n) is 10.2. The maximum Gasteiger partial charge on any atom is 0.409 e. The normalized spacial score (nSPS) is 21.8. The van der Waals surface area contributed by atoms with Gasteiger partial charge in [0.25, 0.3) is 0 Å². The number of carbonyl (C=O) groups excluding carboxylic acids is 3. The first-order chi connectivity index (χ1) is 13.9. The molecule has 0 spiro atoms. The summed E-state index contributed by atoms with van der Waals surface area (Å²) < 4.78 is 5.01. The second-order valence-corrected chi connectivity index (χ2v) is 8.13. The summed E-state index contributed by atoms with van der Waals surface area (Å²) >= 11 is 5.97. The predicted molar refractivity (Wildman–Crippen MR) is 110 cm³/mol. The molecule has 1 N–H and O–H groups in total. The molecule has 0 bridgehead atoms. The van der Waals surface area contributed by atoms with Crippen LogP contribution in [0.2, 0.25) is 5.02 Å². The van der Waals surface area contributed by atoms with Crippen LogP contribution < -0.4 is 5.32 Å². The molecule has 158 valence electrons. The molecule has 2 fully saturated rings. The Balaban J connectivity index is 1.54. The zero-order valence-electron chi connectivity index (χ0n) is 16.8. The lowest BCUT2D eigenvalue weighted by molar-refractivity contribution is -0.133. The minimum Gasteiger partial charge on any atom is -0.450 e. The van der Waals surface area contributed by atoms with Gasteiger partial charge >= 0.3 is 6.09 Å². The summed E-state index contributed by atoms with van der Waals surface area (Å²) in [5, 5.41) is 3.79. The van der Waals surface area contributed by atoms with Gasteiger partial charge in [-0.2, -0.15) is 0 Å². The van der Waals surface area contributed by atoms with Crippen molar-refractivity contribution in [3.63, 3.8) is 0 Å². The Morgan fingerprint density at radius 2 is 1.79 bits per heavy atom. The van der Waals surface area contributed by atoms with Crippen LogP contribution in [0.25, 0.3) is 0 Å². The van der Waals surface area contributed by atoms with Crippen molar-refractivity contribution in [3.8, 4) is 0 Å². The van der Waals surface area contributed by atoms with Crippen molar-refractivity contribution in [2.75, 3.05) is 32.8 Å². The van der Waals surface area contributed by atoms with Gasteiger partial charge in [-0.3, -0.25) is 9.59 Å². The van der Waals surface area contributed by atoms with Gasteiger partial charge in [0.2, 0.25) is 11.8 Å². The number of benzene rings is 1. The fraction of sp³-hybridized carbons (Fsp3) is 0.571. The molecule has 8 heteroatoms. The largest absolute Gasteiger partial charge is 0.450 e. The quantitative estimate of drug-likeness (QED) is 0.765. The van der Waals surface area contributed by atoms with Crippen molar-refractivity contribution >= 4 is 29.5 Å². The van der Waals surface area contributed by atoms with Crippen LogP contribution in [0.3, 0.4) is 0 Å². The molecule has 2 saturated heterocycles. The third-order valence-electron chi connectivity index (χ3n) is 5.67. The molecular weight excluding hydrogens is 394 g/mol. The number of amides is 3. The Bertz CT molecular complexity index is 747. The first-order valence-corrected chi connectivity index (χ1v) is 10.5. The number of hydrogen-bond acceptors (Lipinski definition) is 4. The van der Waals surface area contributed by atoms with E-state index < -0.39 is 5.54 Å². The number of hydrogen-bond donors (Lipinski definition) is 1. The predicted octanol–water partition coefficient (Wildman–Crippen LogP) is 2.61. The minimum atomic E-state index is -0.396. The smallest absolute Gasteiger partial charge is 0.409 e. The Hall–Kier alpha value is -2.28. The van der Waals surface area contributed by atoms with Crippen molar-refractivity contribution in [3.05, 3.63) is 34.9 Å². The average molecular weight is 422 g/mol. The Labute approximate surface area is 176 Å². The molecule has 0 radical (unpaired) electrons. The van der Waals surface area contributed by atoms with Crippen LogP contribution >= 0.6 is 11.6 Å². The summed E-state index contributed by atoms with van der Waals surface area (Å²) in [5.74, 6) is 0.0969. The van der Waals surface area contributed by atoms with Crippen LogP contribution in [-0.4, -0.2) is 66.0 Å². The topological polar surface area (TPSA) is 79.0 Å². The maximum atomic E-state index is 12.7. The number of ether oxygens (including phenoxy) is 1. The molecule has 0 aromatic heterocycles. The maximum absolute atomic E-state index is 12.7. The summed E-state index contributed by atoms with van der Waals surface area (Å²) in [6, 6.07) is 7.61. The van der Waals surface area contributed by atoms with Crippen LogP contribution in [0.15, 0.2) is 24.3 Å². The second-order valence-electron chi connectivity index (χ2n) is 7.70. The van der Waals surface area contributed by atoms with Crippen LogP contribution in [0.1, 0.15) is 38.2 Å². The van der Waals surface area contributed by atoms with Gasteiger partial charge in [-0.1, -0.05) is 23.7 Å². The van der Waals surface area contributed by atoms with E-state index in [2.05, 4.69) is 5.32 Å². The van der Waals surface area contributed by atoms with Crippen molar-refractivity contribution < 1.29 is 19.1 Å². The van der Waals surface area contributed by atoms with Gasteiger partial charge < -0.3 is 19.9 Å². The first kappa shape index (κ1) is 21.4. The summed E-state index contributed by atoms with van der Waals surface area (Å²) in [4.78, 5) is 39.9. The summed E-state index contributed by atoms with van der Waals surface area (Å²) in [6.45, 7) is 4.11. The molecule has 3 amide bonds. The number of carbonyl (C=O) groups is 3. The van der Waals surface area contributed by atoms with Crippen LogP contribution in [0, 0.1) is 0 Å². The van der Waals surface area contributed by atoms with Gasteiger partial charge in [0.1, 0.15) is 0 Å². The van der Waals surface area contributed by atoms with Gasteiger partial charge in [-0.25, -0.2) is 4.79 Å². The van der Waals surface area contributed by atoms with Crippen LogP contribution in [-0.2, 0) is 20.7 Å². The number of halogens is 1. The Morgan fingerprint density at radius 3 is 2.38 bits per heavy atom. The summed E-state index contributed by atoms with van der Waals surface area (Å²) in [5.41, 5.74) is 0.694. The van der Waals surface area contributed by atoms with Crippen molar-refractivity contribution in [1.29, 1.82) is 0 Å². The Kier molecular flexibility index (Phi) is 7.00. The van der Waals surface area contributed by atoms with Crippen LogP contribution in [0.4, 0.5) is 4.79 Å². The van der Waals surface area contributed by atoms with Gasteiger partial charge in [0.05, 0.1) is 6.61 Å². The van der Waals surface area contributed by atoms with Crippen molar-refractivity contribution in [2.24, 2.45) is 0 Å². The molecule has 1 atom stereocenters. The molecule has 3 rings (SSSR count). The lowest BCUT2D eigenvalue weighted by atomic mass is 9.85. The third-order valence-corrected chi connectivity index (χ3v) is 5.92. The van der Waals surface area contributed by atoms with E-state index in [1.165, 1.54) is 0 Å². The highest BCUT2D eigenvalue weighted by Gasteiger charge is 2.38. The van der Waals surface area contributed by atoms with Crippen LogP contribution in [0.5, 0.6) is 0 Å². The van der Waals surface area contributed by atoms with Gasteiger partial charge in [0.15, 0.2) is 0 Å². The molecular formula is C21H28ClN3O4. The molecule has 2 aliphatic rings. The molecule has 0 unspecified atom stereocenters. The van der Waals surface area contributed by atoms with E-state index in [0.29, 0.717) is 63.5 Å². The molecule has 1 aromatic carbocycles. The van der Waals surface area contributed by atoms with Gasteiger partial charge in [-0.05, 0) is 43.9 Å². The average Bonchev–Trinajstić information content (AvgIpc) is 3.09. The number of piperazine rings is 1. The standard InChI is InChI=1S/C21H28ClN3O4/c1-2-29-20(28)25-13-11-24(12-14-25)19(27)8-10-21(9-7-18(26)23-21)15-16-3-5-17(22)6-4-16/h3-6H,2,7-15H2,1H3,(H,23,26)/t21-/m0/s1. The monoisotopic (exact) mass is 421 g/mol. The van der Waals surface area contributed by atoms with E-state index in [9.17, 15) is 14.4 Å². The SMILES string of the molecule is CCOC(=O)N1CCN(C(=O)CC[C@]2(Cc3ccc(Cl)cc3)CCC(=O)N2)CC1. The highest BCUT2D eigenvalue weighted by atomic mass is 35.5. The molecule has 1 aromatic rings. The lowest BCUT2D eigenvalue weighted by Crippen LogP contribution is -2.51. The third kappa shape index (κ3) is 5.63.